The van der Waals surface area contributed by atoms with Crippen molar-refractivity contribution in [2.75, 3.05) is 25.1 Å². The van der Waals surface area contributed by atoms with Gasteiger partial charge in [0.2, 0.25) is 0 Å². The zero-order valence-corrected chi connectivity index (χ0v) is 11.3. The van der Waals surface area contributed by atoms with Gasteiger partial charge in [-0.15, -0.1) is 0 Å². The van der Waals surface area contributed by atoms with Crippen LogP contribution in [0.2, 0.25) is 0 Å². The number of anilines is 1. The highest BCUT2D eigenvalue weighted by atomic mass is 16.5. The van der Waals surface area contributed by atoms with E-state index in [1.54, 1.807) is 12.5 Å². The Morgan fingerprint density at radius 3 is 2.90 bits per heavy atom. The maximum absolute atomic E-state index is 11.3. The van der Waals surface area contributed by atoms with E-state index in [9.17, 15) is 4.79 Å². The molecule has 0 N–H and O–H groups in total. The number of nitrogens with zero attached hydrogens (tertiary/aromatic N) is 4. The minimum Gasteiger partial charge on any atom is -0.469 e. The van der Waals surface area contributed by atoms with Crippen LogP contribution in [0.5, 0.6) is 0 Å². The van der Waals surface area contributed by atoms with Crippen molar-refractivity contribution in [3.05, 3.63) is 42.6 Å². The Labute approximate surface area is 117 Å². The Kier molecular flexibility index (Phi) is 3.37. The van der Waals surface area contributed by atoms with Crippen molar-refractivity contribution < 1.29 is 9.53 Å². The first-order valence-corrected chi connectivity index (χ1v) is 6.49. The first-order valence-electron chi connectivity index (χ1n) is 6.49. The highest BCUT2D eigenvalue weighted by Gasteiger charge is 2.34. The van der Waals surface area contributed by atoms with Crippen molar-refractivity contribution in [1.29, 1.82) is 0 Å². The van der Waals surface area contributed by atoms with E-state index < -0.39 is 0 Å². The Hall–Kier alpha value is -2.37. The zero-order valence-electron chi connectivity index (χ0n) is 11.3. The molecule has 1 fully saturated rings. The van der Waals surface area contributed by atoms with Crippen LogP contribution in [0.1, 0.15) is 5.56 Å². The lowest BCUT2D eigenvalue weighted by molar-refractivity contribution is -0.146. The van der Waals surface area contributed by atoms with Crippen molar-refractivity contribution in [1.82, 2.24) is 14.5 Å². The van der Waals surface area contributed by atoms with Gasteiger partial charge in [0.15, 0.2) is 0 Å². The van der Waals surface area contributed by atoms with E-state index in [0.717, 1.165) is 17.9 Å². The summed E-state index contributed by atoms with van der Waals surface area (Å²) in [5.41, 5.74) is 1.12. The molecule has 0 spiro atoms. The average Bonchev–Trinajstić information content (AvgIpc) is 2.91. The van der Waals surface area contributed by atoms with Gasteiger partial charge in [0, 0.05) is 38.2 Å². The minimum absolute atomic E-state index is 0.0209. The van der Waals surface area contributed by atoms with Gasteiger partial charge in [-0.25, -0.2) is 9.97 Å². The molecular weight excluding hydrogens is 256 g/mol. The van der Waals surface area contributed by atoms with Crippen LogP contribution in [0.3, 0.4) is 0 Å². The van der Waals surface area contributed by atoms with E-state index in [2.05, 4.69) is 14.9 Å². The number of ether oxygens (including phenoxy) is 1. The molecule has 0 saturated carbocycles. The lowest BCUT2D eigenvalue weighted by Gasteiger charge is -2.38. The molecule has 1 aliphatic rings. The summed E-state index contributed by atoms with van der Waals surface area (Å²) in [6, 6.07) is 4.04. The van der Waals surface area contributed by atoms with Gasteiger partial charge in [0.05, 0.1) is 19.4 Å². The number of carbonyl (C=O) groups is 1. The highest BCUT2D eigenvalue weighted by Crippen LogP contribution is 2.23. The Bertz CT molecular complexity index is 574. The second-order valence-electron chi connectivity index (χ2n) is 4.88. The van der Waals surface area contributed by atoms with E-state index in [4.69, 9.17) is 4.74 Å². The van der Waals surface area contributed by atoms with Gasteiger partial charge in [-0.1, -0.05) is 6.07 Å². The number of carbonyl (C=O) groups excluding carboxylic acids is 1. The molecule has 2 aromatic heterocycles. The number of methoxy groups -OCH3 is 1. The number of hydrogen-bond acceptors (Lipinski definition) is 5. The standard InChI is InChI=1S/C14H16N4O2/c1-20-14(19)12-8-18(9-12)13-3-2-11(6-16-13)7-17-5-4-15-10-17/h2-6,10,12H,7-9H2,1H3. The summed E-state index contributed by atoms with van der Waals surface area (Å²) in [5.74, 6) is 0.741. The van der Waals surface area contributed by atoms with Gasteiger partial charge in [0.25, 0.3) is 0 Å². The topological polar surface area (TPSA) is 60.2 Å². The zero-order chi connectivity index (χ0) is 13.9. The van der Waals surface area contributed by atoms with Crippen molar-refractivity contribution in [2.45, 2.75) is 6.54 Å². The third-order valence-corrected chi connectivity index (χ3v) is 3.47. The van der Waals surface area contributed by atoms with Gasteiger partial charge >= 0.3 is 5.97 Å². The number of esters is 1. The fourth-order valence-corrected chi connectivity index (χ4v) is 2.27. The quantitative estimate of drug-likeness (QED) is 0.775. The summed E-state index contributed by atoms with van der Waals surface area (Å²) in [5, 5.41) is 0. The molecule has 1 saturated heterocycles. The van der Waals surface area contributed by atoms with E-state index in [1.165, 1.54) is 7.11 Å². The minimum atomic E-state index is -0.141. The predicted molar refractivity (Wildman–Crippen MR) is 73.3 cm³/mol. The molecule has 0 bridgehead atoms. The largest absolute Gasteiger partial charge is 0.469 e. The summed E-state index contributed by atoms with van der Waals surface area (Å²) in [4.78, 5) is 21.8. The van der Waals surface area contributed by atoms with Gasteiger partial charge in [-0.3, -0.25) is 4.79 Å². The van der Waals surface area contributed by atoms with Gasteiger partial charge < -0.3 is 14.2 Å². The van der Waals surface area contributed by atoms with Crippen LogP contribution in [0.25, 0.3) is 0 Å². The SMILES string of the molecule is COC(=O)C1CN(c2ccc(Cn3ccnc3)cn2)C1. The molecule has 0 unspecified atom stereocenters. The number of aromatic nitrogens is 3. The maximum Gasteiger partial charge on any atom is 0.312 e. The molecular formula is C14H16N4O2. The molecule has 0 amide bonds. The summed E-state index contributed by atoms with van der Waals surface area (Å²) in [6.45, 7) is 2.12. The maximum atomic E-state index is 11.3. The van der Waals surface area contributed by atoms with E-state index in [0.29, 0.717) is 13.1 Å². The Morgan fingerprint density at radius 1 is 1.45 bits per heavy atom. The lowest BCUT2D eigenvalue weighted by Crippen LogP contribution is -2.51. The van der Waals surface area contributed by atoms with Crippen molar-refractivity contribution in [3.63, 3.8) is 0 Å². The molecule has 0 aromatic carbocycles. The lowest BCUT2D eigenvalue weighted by atomic mass is 10.0. The summed E-state index contributed by atoms with van der Waals surface area (Å²) < 4.78 is 6.72. The highest BCUT2D eigenvalue weighted by molar-refractivity contribution is 5.76. The van der Waals surface area contributed by atoms with Crippen LogP contribution in [0, 0.1) is 5.92 Å². The van der Waals surface area contributed by atoms with E-state index in [1.807, 2.05) is 29.1 Å². The molecule has 20 heavy (non-hydrogen) atoms. The normalized spacial score (nSPS) is 14.9. The number of hydrogen-bond donors (Lipinski definition) is 0. The first kappa shape index (κ1) is 12.7. The Morgan fingerprint density at radius 2 is 2.30 bits per heavy atom. The number of pyridine rings is 1. The average molecular weight is 272 g/mol. The molecule has 104 valence electrons. The van der Waals surface area contributed by atoms with Crippen LogP contribution in [0.15, 0.2) is 37.1 Å². The van der Waals surface area contributed by atoms with Crippen molar-refractivity contribution in [3.8, 4) is 0 Å². The monoisotopic (exact) mass is 272 g/mol. The van der Waals surface area contributed by atoms with Crippen molar-refractivity contribution >= 4 is 11.8 Å². The van der Waals surface area contributed by atoms with E-state index in [-0.39, 0.29) is 11.9 Å². The molecule has 3 heterocycles. The van der Waals surface area contributed by atoms with Crippen LogP contribution < -0.4 is 4.90 Å². The third kappa shape index (κ3) is 2.49. The first-order chi connectivity index (χ1) is 9.76. The molecule has 0 radical (unpaired) electrons. The summed E-state index contributed by atoms with van der Waals surface area (Å²) in [6.07, 6.45) is 7.32. The summed E-state index contributed by atoms with van der Waals surface area (Å²) in [7, 11) is 1.42. The Balaban J connectivity index is 1.59. The second-order valence-corrected chi connectivity index (χ2v) is 4.88. The number of imidazole rings is 1. The number of rotatable bonds is 4. The summed E-state index contributed by atoms with van der Waals surface area (Å²) >= 11 is 0. The fraction of sp³-hybridized carbons (Fsp3) is 0.357. The van der Waals surface area contributed by atoms with Gasteiger partial charge in [0.1, 0.15) is 5.82 Å². The predicted octanol–water partition coefficient (Wildman–Crippen LogP) is 0.936. The van der Waals surface area contributed by atoms with Gasteiger partial charge in [-0.05, 0) is 11.6 Å². The van der Waals surface area contributed by atoms with Crippen LogP contribution in [-0.2, 0) is 16.1 Å². The van der Waals surface area contributed by atoms with Crippen LogP contribution in [0.4, 0.5) is 5.82 Å². The molecule has 6 nitrogen and oxygen atoms in total. The van der Waals surface area contributed by atoms with E-state index >= 15 is 0 Å². The second kappa shape index (κ2) is 5.32. The van der Waals surface area contributed by atoms with Crippen LogP contribution >= 0.6 is 0 Å². The molecule has 3 rings (SSSR count). The third-order valence-electron chi connectivity index (χ3n) is 3.47. The molecule has 0 atom stereocenters. The smallest absolute Gasteiger partial charge is 0.312 e. The van der Waals surface area contributed by atoms with Gasteiger partial charge in [-0.2, -0.15) is 0 Å². The molecule has 2 aromatic rings. The molecule has 1 aliphatic heterocycles. The fourth-order valence-electron chi connectivity index (χ4n) is 2.27. The van der Waals surface area contributed by atoms with Crippen LogP contribution in [-0.4, -0.2) is 40.7 Å². The van der Waals surface area contributed by atoms with Crippen molar-refractivity contribution in [2.24, 2.45) is 5.92 Å². The molecule has 6 heteroatoms. The molecule has 0 aliphatic carbocycles.